The summed E-state index contributed by atoms with van der Waals surface area (Å²) >= 11 is 1.50. The molecule has 0 fully saturated rings. The summed E-state index contributed by atoms with van der Waals surface area (Å²) < 4.78 is 1.68. The van der Waals surface area contributed by atoms with Gasteiger partial charge in [-0.3, -0.25) is 5.43 Å². The molecule has 0 bridgehead atoms. The number of benzene rings is 1. The van der Waals surface area contributed by atoms with E-state index in [1.807, 2.05) is 18.2 Å². The number of nitrogens with zero attached hydrogens (tertiary/aromatic N) is 4. The van der Waals surface area contributed by atoms with Crippen molar-refractivity contribution >= 4 is 16.5 Å². The van der Waals surface area contributed by atoms with Crippen LogP contribution in [0, 0.1) is 0 Å². The number of hydrazine groups is 1. The molecule has 2 N–H and O–H groups in total. The summed E-state index contributed by atoms with van der Waals surface area (Å²) in [4.78, 5) is 8.16. The van der Waals surface area contributed by atoms with Crippen molar-refractivity contribution in [3.8, 4) is 5.00 Å². The molecule has 0 amide bonds. The molecule has 2 aromatic heterocycles. The van der Waals surface area contributed by atoms with Crippen LogP contribution in [0.3, 0.4) is 0 Å². The smallest absolute Gasteiger partial charge is 0.199 e. The maximum Gasteiger partial charge on any atom is 0.199 e. The summed E-state index contributed by atoms with van der Waals surface area (Å²) in [6.45, 7) is 0.735. The Hall–Kier alpha value is -2.25. The second-order valence-electron chi connectivity index (χ2n) is 3.81. The van der Waals surface area contributed by atoms with Crippen molar-refractivity contribution in [2.24, 2.45) is 0 Å². The summed E-state index contributed by atoms with van der Waals surface area (Å²) in [5.41, 5.74) is 7.41. The van der Waals surface area contributed by atoms with E-state index >= 15 is 0 Å². The van der Waals surface area contributed by atoms with E-state index in [2.05, 4.69) is 38.1 Å². The van der Waals surface area contributed by atoms with Crippen molar-refractivity contribution in [2.45, 2.75) is 6.54 Å². The fourth-order valence-corrected chi connectivity index (χ4v) is 2.29. The highest BCUT2D eigenvalue weighted by atomic mass is 32.1. The molecule has 0 unspecified atom stereocenters. The van der Waals surface area contributed by atoms with Gasteiger partial charge in [0, 0.05) is 6.54 Å². The van der Waals surface area contributed by atoms with E-state index in [-0.39, 0.29) is 0 Å². The van der Waals surface area contributed by atoms with Gasteiger partial charge in [-0.05, 0) is 5.56 Å². The number of anilines is 1. The summed E-state index contributed by atoms with van der Waals surface area (Å²) in [6, 6.07) is 10.2. The van der Waals surface area contributed by atoms with Gasteiger partial charge in [0.15, 0.2) is 5.13 Å². The Morgan fingerprint density at radius 1 is 1.21 bits per heavy atom. The molecule has 96 valence electrons. The van der Waals surface area contributed by atoms with E-state index in [0.29, 0.717) is 0 Å². The molecule has 0 atom stereocenters. The van der Waals surface area contributed by atoms with Gasteiger partial charge in [0.05, 0.1) is 6.20 Å². The van der Waals surface area contributed by atoms with Crippen LogP contribution in [-0.4, -0.2) is 19.7 Å². The van der Waals surface area contributed by atoms with E-state index in [0.717, 1.165) is 16.7 Å². The molecule has 0 saturated heterocycles. The molecule has 1 aromatic carbocycles. The Morgan fingerprint density at radius 3 is 2.89 bits per heavy atom. The average Bonchev–Trinajstić information content (AvgIpc) is 3.10. The van der Waals surface area contributed by atoms with Gasteiger partial charge in [-0.2, -0.15) is 5.10 Å². The largest absolute Gasteiger partial charge is 0.297 e. The van der Waals surface area contributed by atoms with E-state index in [9.17, 15) is 0 Å². The molecule has 0 saturated carbocycles. The predicted octanol–water partition coefficient (Wildman–Crippen LogP) is 1.84. The highest BCUT2D eigenvalue weighted by molar-refractivity contribution is 7.17. The number of thiazole rings is 1. The van der Waals surface area contributed by atoms with Crippen LogP contribution in [0.2, 0.25) is 0 Å². The van der Waals surface area contributed by atoms with Crippen LogP contribution < -0.4 is 10.9 Å². The molecular formula is C12H12N6S. The molecule has 0 aliphatic rings. The maximum absolute atomic E-state index is 4.26. The van der Waals surface area contributed by atoms with Crippen LogP contribution in [-0.2, 0) is 6.54 Å². The molecule has 0 aliphatic heterocycles. The summed E-state index contributed by atoms with van der Waals surface area (Å²) in [6.07, 6.45) is 4.90. The first-order valence-corrected chi connectivity index (χ1v) is 6.57. The minimum Gasteiger partial charge on any atom is -0.297 e. The fraction of sp³-hybridized carbons (Fsp3) is 0.0833. The lowest BCUT2D eigenvalue weighted by atomic mass is 10.2. The molecule has 7 heteroatoms. The molecule has 2 heterocycles. The minimum atomic E-state index is 0.735. The monoisotopic (exact) mass is 272 g/mol. The molecule has 0 radical (unpaired) electrons. The normalized spacial score (nSPS) is 10.5. The van der Waals surface area contributed by atoms with Gasteiger partial charge >= 0.3 is 0 Å². The zero-order valence-electron chi connectivity index (χ0n) is 10.0. The first-order valence-electron chi connectivity index (χ1n) is 5.75. The topological polar surface area (TPSA) is 67.7 Å². The molecular weight excluding hydrogens is 260 g/mol. The number of nitrogens with one attached hydrogen (secondary N) is 2. The first kappa shape index (κ1) is 11.8. The lowest BCUT2D eigenvalue weighted by Gasteiger charge is -2.04. The van der Waals surface area contributed by atoms with E-state index in [4.69, 9.17) is 0 Å². The highest BCUT2D eigenvalue weighted by Crippen LogP contribution is 2.20. The highest BCUT2D eigenvalue weighted by Gasteiger charge is 2.03. The molecule has 3 rings (SSSR count). The van der Waals surface area contributed by atoms with Crippen LogP contribution in [0.25, 0.3) is 5.00 Å². The van der Waals surface area contributed by atoms with Crippen LogP contribution in [0.15, 0.2) is 49.2 Å². The number of rotatable bonds is 5. The van der Waals surface area contributed by atoms with Crippen LogP contribution >= 0.6 is 11.3 Å². The zero-order chi connectivity index (χ0) is 12.9. The van der Waals surface area contributed by atoms with Crippen molar-refractivity contribution in [1.29, 1.82) is 0 Å². The first-order chi connectivity index (χ1) is 9.42. The number of hydrogen-bond acceptors (Lipinski definition) is 6. The lowest BCUT2D eigenvalue weighted by molar-refractivity contribution is 0.799. The SMILES string of the molecule is c1ccc(CNNc2ncc(-n3cncn3)s2)cc1. The third-order valence-electron chi connectivity index (χ3n) is 2.47. The number of hydrogen-bond donors (Lipinski definition) is 2. The van der Waals surface area contributed by atoms with Gasteiger partial charge < -0.3 is 0 Å². The van der Waals surface area contributed by atoms with Crippen molar-refractivity contribution in [3.05, 3.63) is 54.7 Å². The van der Waals surface area contributed by atoms with E-state index < -0.39 is 0 Å². The zero-order valence-corrected chi connectivity index (χ0v) is 10.8. The number of aromatic nitrogens is 4. The standard InChI is InChI=1S/C12H12N6S/c1-2-4-10(5-3-1)6-15-17-12-14-7-11(19-12)18-9-13-8-16-18/h1-5,7-9,15H,6H2,(H,14,17). The van der Waals surface area contributed by atoms with Crippen LogP contribution in [0.4, 0.5) is 5.13 Å². The fourth-order valence-electron chi connectivity index (χ4n) is 1.57. The Kier molecular flexibility index (Phi) is 3.48. The van der Waals surface area contributed by atoms with Crippen molar-refractivity contribution < 1.29 is 0 Å². The van der Waals surface area contributed by atoms with Crippen LogP contribution in [0.1, 0.15) is 5.56 Å². The van der Waals surface area contributed by atoms with Gasteiger partial charge in [-0.1, -0.05) is 41.7 Å². The van der Waals surface area contributed by atoms with Crippen molar-refractivity contribution in [3.63, 3.8) is 0 Å². The molecule has 0 spiro atoms. The van der Waals surface area contributed by atoms with Gasteiger partial charge in [-0.15, -0.1) is 0 Å². The predicted molar refractivity (Wildman–Crippen MR) is 73.9 cm³/mol. The lowest BCUT2D eigenvalue weighted by Crippen LogP contribution is -2.20. The molecule has 6 nitrogen and oxygen atoms in total. The van der Waals surface area contributed by atoms with Gasteiger partial charge in [0.2, 0.25) is 0 Å². The van der Waals surface area contributed by atoms with Crippen molar-refractivity contribution in [2.75, 3.05) is 5.43 Å². The van der Waals surface area contributed by atoms with E-state index in [1.165, 1.54) is 23.2 Å². The third kappa shape index (κ3) is 2.95. The van der Waals surface area contributed by atoms with Gasteiger partial charge in [0.1, 0.15) is 17.7 Å². The molecule has 0 aliphatic carbocycles. The van der Waals surface area contributed by atoms with Crippen molar-refractivity contribution in [1.82, 2.24) is 25.2 Å². The summed E-state index contributed by atoms with van der Waals surface area (Å²) in [5.74, 6) is 0. The second-order valence-corrected chi connectivity index (χ2v) is 4.82. The maximum atomic E-state index is 4.26. The summed E-state index contributed by atoms with van der Waals surface area (Å²) in [7, 11) is 0. The van der Waals surface area contributed by atoms with E-state index in [1.54, 1.807) is 17.2 Å². The quantitative estimate of drug-likeness (QED) is 0.694. The Morgan fingerprint density at radius 2 is 2.11 bits per heavy atom. The summed E-state index contributed by atoms with van der Waals surface area (Å²) in [5, 5.41) is 5.77. The average molecular weight is 272 g/mol. The Balaban J connectivity index is 1.56. The molecule has 19 heavy (non-hydrogen) atoms. The van der Waals surface area contributed by atoms with Gasteiger partial charge in [0.25, 0.3) is 0 Å². The Bertz CT molecular complexity index is 619. The Labute approximate surface area is 114 Å². The van der Waals surface area contributed by atoms with Crippen LogP contribution in [0.5, 0.6) is 0 Å². The van der Waals surface area contributed by atoms with Gasteiger partial charge in [-0.25, -0.2) is 20.1 Å². The third-order valence-corrected chi connectivity index (χ3v) is 3.37. The second kappa shape index (κ2) is 5.59. The minimum absolute atomic E-state index is 0.735. The molecule has 3 aromatic rings.